The lowest BCUT2D eigenvalue weighted by Crippen LogP contribution is -2.28. The fourth-order valence-corrected chi connectivity index (χ4v) is 2.69. The first-order valence-electron chi connectivity index (χ1n) is 6.72. The van der Waals surface area contributed by atoms with E-state index in [0.29, 0.717) is 27.3 Å². The van der Waals surface area contributed by atoms with Crippen LogP contribution in [-0.4, -0.2) is 15.0 Å². The number of aromatic nitrogens is 2. The van der Waals surface area contributed by atoms with E-state index >= 15 is 0 Å². The van der Waals surface area contributed by atoms with Crippen molar-refractivity contribution in [3.63, 3.8) is 0 Å². The molecule has 3 aromatic rings. The van der Waals surface area contributed by atoms with E-state index < -0.39 is 5.69 Å². The van der Waals surface area contributed by atoms with Crippen molar-refractivity contribution in [2.24, 2.45) is 7.05 Å². The predicted molar refractivity (Wildman–Crippen MR) is 87.4 cm³/mol. The average molecular weight is 316 g/mol. The first-order chi connectivity index (χ1) is 10.5. The minimum absolute atomic E-state index is 0.0491. The molecule has 22 heavy (non-hydrogen) atoms. The molecule has 0 aliphatic heterocycles. The van der Waals surface area contributed by atoms with Crippen LogP contribution < -0.4 is 11.4 Å². The molecule has 3 rings (SSSR count). The van der Waals surface area contributed by atoms with Crippen molar-refractivity contribution in [1.29, 1.82) is 0 Å². The van der Waals surface area contributed by atoms with E-state index in [2.05, 4.69) is 0 Å². The third-order valence-electron chi connectivity index (χ3n) is 3.63. The second kappa shape index (κ2) is 5.35. The summed E-state index contributed by atoms with van der Waals surface area (Å²) in [6.07, 6.45) is 0.0491. The van der Waals surface area contributed by atoms with E-state index in [-0.39, 0.29) is 12.3 Å². The summed E-state index contributed by atoms with van der Waals surface area (Å²) in [6, 6.07) is 12.1. The lowest BCUT2D eigenvalue weighted by Gasteiger charge is -2.05. The number of benzene rings is 2. The van der Waals surface area contributed by atoms with Gasteiger partial charge in [0.25, 0.3) is 0 Å². The minimum atomic E-state index is -0.391. The number of carbonyl (C=O) groups excluding carboxylic acids is 1. The van der Waals surface area contributed by atoms with E-state index in [1.165, 1.54) is 4.57 Å². The highest BCUT2D eigenvalue weighted by molar-refractivity contribution is 6.31. The third-order valence-corrected chi connectivity index (χ3v) is 4.00. The number of carbonyl (C=O) groups is 1. The van der Waals surface area contributed by atoms with Crippen LogP contribution in [-0.2, 0) is 13.5 Å². The molecule has 0 aliphatic carbocycles. The lowest BCUT2D eigenvalue weighted by molar-refractivity contribution is 0.0914. The van der Waals surface area contributed by atoms with Gasteiger partial charge in [-0.1, -0.05) is 29.8 Å². The molecule has 0 aliphatic rings. The third kappa shape index (κ3) is 2.29. The molecule has 112 valence electrons. The molecule has 0 atom stereocenters. The van der Waals surface area contributed by atoms with Crippen LogP contribution in [0.3, 0.4) is 0 Å². The number of anilines is 1. The molecule has 2 aromatic carbocycles. The summed E-state index contributed by atoms with van der Waals surface area (Å²) in [5, 5.41) is 0.503. The predicted octanol–water partition coefficient (Wildman–Crippen LogP) is 2.46. The molecule has 6 heteroatoms. The quantitative estimate of drug-likeness (QED) is 0.738. The van der Waals surface area contributed by atoms with Crippen LogP contribution in [0, 0.1) is 0 Å². The SMILES string of the molecule is Cn1c(=O)n(C(=O)Cc2ccccc2Cl)c2cc(N)ccc21. The number of imidazole rings is 1. The molecular weight excluding hydrogens is 302 g/mol. The van der Waals surface area contributed by atoms with E-state index in [0.717, 1.165) is 4.57 Å². The van der Waals surface area contributed by atoms with E-state index in [9.17, 15) is 9.59 Å². The molecule has 1 heterocycles. The molecule has 0 bridgehead atoms. The average Bonchev–Trinajstić information content (AvgIpc) is 2.73. The van der Waals surface area contributed by atoms with Crippen LogP contribution in [0.25, 0.3) is 11.0 Å². The van der Waals surface area contributed by atoms with Gasteiger partial charge in [-0.3, -0.25) is 9.36 Å². The summed E-state index contributed by atoms with van der Waals surface area (Å²) in [5.74, 6) is -0.339. The number of fused-ring (bicyclic) bond motifs is 1. The maximum Gasteiger partial charge on any atom is 0.335 e. The first-order valence-corrected chi connectivity index (χ1v) is 7.10. The van der Waals surface area contributed by atoms with Crippen molar-refractivity contribution in [3.8, 4) is 0 Å². The van der Waals surface area contributed by atoms with Gasteiger partial charge in [-0.25, -0.2) is 9.36 Å². The summed E-state index contributed by atoms with van der Waals surface area (Å²) in [4.78, 5) is 24.9. The Morgan fingerprint density at radius 2 is 1.91 bits per heavy atom. The summed E-state index contributed by atoms with van der Waals surface area (Å²) in [5.41, 5.74) is 7.72. The normalized spacial score (nSPS) is 11.0. The second-order valence-electron chi connectivity index (χ2n) is 5.09. The maximum absolute atomic E-state index is 12.6. The Kier molecular flexibility index (Phi) is 3.50. The number of nitrogens with zero attached hydrogens (tertiary/aromatic N) is 2. The van der Waals surface area contributed by atoms with Crippen molar-refractivity contribution >= 4 is 34.2 Å². The van der Waals surface area contributed by atoms with Gasteiger partial charge in [-0.05, 0) is 29.8 Å². The smallest absolute Gasteiger partial charge is 0.335 e. The van der Waals surface area contributed by atoms with E-state index in [4.69, 9.17) is 17.3 Å². The summed E-state index contributed by atoms with van der Waals surface area (Å²) in [6.45, 7) is 0. The summed E-state index contributed by atoms with van der Waals surface area (Å²) >= 11 is 6.08. The number of hydrogen-bond acceptors (Lipinski definition) is 3. The topological polar surface area (TPSA) is 70.0 Å². The fourth-order valence-electron chi connectivity index (χ4n) is 2.48. The number of hydrogen-bond donors (Lipinski definition) is 1. The zero-order valence-corrected chi connectivity index (χ0v) is 12.7. The van der Waals surface area contributed by atoms with Crippen molar-refractivity contribution < 1.29 is 4.79 Å². The van der Waals surface area contributed by atoms with Gasteiger partial charge in [-0.15, -0.1) is 0 Å². The Morgan fingerprint density at radius 3 is 2.64 bits per heavy atom. The molecule has 0 saturated heterocycles. The van der Waals surface area contributed by atoms with Crippen LogP contribution in [0.15, 0.2) is 47.3 Å². The summed E-state index contributed by atoms with van der Waals surface area (Å²) in [7, 11) is 1.63. The van der Waals surface area contributed by atoms with Crippen LogP contribution in [0.5, 0.6) is 0 Å². The highest BCUT2D eigenvalue weighted by Crippen LogP contribution is 2.19. The maximum atomic E-state index is 12.6. The molecule has 0 amide bonds. The number of aryl methyl sites for hydroxylation is 1. The van der Waals surface area contributed by atoms with Gasteiger partial charge in [-0.2, -0.15) is 0 Å². The van der Waals surface area contributed by atoms with Gasteiger partial charge in [0, 0.05) is 17.8 Å². The van der Waals surface area contributed by atoms with Crippen molar-refractivity contribution in [2.45, 2.75) is 6.42 Å². The Labute approximate surface area is 131 Å². The van der Waals surface area contributed by atoms with Gasteiger partial charge >= 0.3 is 5.69 Å². The Balaban J connectivity index is 2.12. The van der Waals surface area contributed by atoms with Crippen molar-refractivity contribution in [3.05, 3.63) is 63.5 Å². The Morgan fingerprint density at radius 1 is 1.18 bits per heavy atom. The number of halogens is 1. The van der Waals surface area contributed by atoms with Gasteiger partial charge in [0.05, 0.1) is 17.5 Å². The second-order valence-corrected chi connectivity index (χ2v) is 5.49. The minimum Gasteiger partial charge on any atom is -0.399 e. The zero-order chi connectivity index (χ0) is 15.9. The lowest BCUT2D eigenvalue weighted by atomic mass is 10.1. The Bertz CT molecular complexity index is 940. The highest BCUT2D eigenvalue weighted by Gasteiger charge is 2.18. The zero-order valence-electron chi connectivity index (χ0n) is 11.9. The standard InChI is InChI=1S/C16H14ClN3O2/c1-19-13-7-6-11(18)9-14(13)20(16(19)22)15(21)8-10-4-2-3-5-12(10)17/h2-7,9H,8,18H2,1H3. The van der Waals surface area contributed by atoms with Crippen molar-refractivity contribution in [1.82, 2.24) is 9.13 Å². The van der Waals surface area contributed by atoms with Crippen LogP contribution in [0.4, 0.5) is 5.69 Å². The fraction of sp³-hybridized carbons (Fsp3) is 0.125. The van der Waals surface area contributed by atoms with Crippen LogP contribution in [0.1, 0.15) is 10.4 Å². The summed E-state index contributed by atoms with van der Waals surface area (Å²) < 4.78 is 2.58. The molecule has 0 unspecified atom stereocenters. The molecule has 0 saturated carbocycles. The first kappa shape index (κ1) is 14.4. The molecule has 0 spiro atoms. The molecule has 1 aromatic heterocycles. The van der Waals surface area contributed by atoms with Gasteiger partial charge in [0.2, 0.25) is 5.91 Å². The van der Waals surface area contributed by atoms with E-state index in [1.807, 2.05) is 0 Å². The van der Waals surface area contributed by atoms with Gasteiger partial charge < -0.3 is 5.73 Å². The van der Waals surface area contributed by atoms with Gasteiger partial charge in [0.15, 0.2) is 0 Å². The molecular formula is C16H14ClN3O2. The van der Waals surface area contributed by atoms with Crippen molar-refractivity contribution in [2.75, 3.05) is 5.73 Å². The number of rotatable bonds is 2. The number of nitrogen functional groups attached to an aromatic ring is 1. The Hall–Kier alpha value is -2.53. The number of nitrogens with two attached hydrogens (primary N) is 1. The van der Waals surface area contributed by atoms with E-state index in [1.54, 1.807) is 49.5 Å². The molecule has 5 nitrogen and oxygen atoms in total. The van der Waals surface area contributed by atoms with Crippen LogP contribution in [0.2, 0.25) is 5.02 Å². The van der Waals surface area contributed by atoms with Gasteiger partial charge in [0.1, 0.15) is 0 Å². The molecule has 0 radical (unpaired) electrons. The molecule has 2 N–H and O–H groups in total. The van der Waals surface area contributed by atoms with Crippen LogP contribution >= 0.6 is 11.6 Å². The highest BCUT2D eigenvalue weighted by atomic mass is 35.5. The largest absolute Gasteiger partial charge is 0.399 e. The monoisotopic (exact) mass is 315 g/mol. The molecule has 0 fully saturated rings.